The number of piperidine rings is 1. The number of hydrogen-bond donors (Lipinski definition) is 1. The third-order valence-electron chi connectivity index (χ3n) is 3.81. The zero-order valence-corrected chi connectivity index (χ0v) is 14.1. The van der Waals surface area contributed by atoms with E-state index in [1.54, 1.807) is 0 Å². The lowest BCUT2D eigenvalue weighted by Crippen LogP contribution is -2.46. The van der Waals surface area contributed by atoms with Crippen LogP contribution in [0.2, 0.25) is 0 Å². The van der Waals surface area contributed by atoms with E-state index in [1.165, 1.54) is 0 Å². The maximum Gasteiger partial charge on any atom is 0.224 e. The van der Waals surface area contributed by atoms with Crippen molar-refractivity contribution in [2.45, 2.75) is 32.2 Å². The van der Waals surface area contributed by atoms with Crippen molar-refractivity contribution in [3.05, 3.63) is 34.3 Å². The Bertz CT molecular complexity index is 583. The molecular formula is C16H19BrN4O. The number of carbonyl (C=O) groups is 1. The van der Waals surface area contributed by atoms with Crippen molar-refractivity contribution in [1.29, 1.82) is 5.26 Å². The van der Waals surface area contributed by atoms with E-state index in [4.69, 9.17) is 5.26 Å². The smallest absolute Gasteiger partial charge is 0.224 e. The van der Waals surface area contributed by atoms with Gasteiger partial charge in [-0.3, -0.25) is 4.79 Å². The Labute approximate surface area is 139 Å². The van der Waals surface area contributed by atoms with Crippen LogP contribution in [0.4, 0.5) is 0 Å². The lowest BCUT2D eigenvalue weighted by Gasteiger charge is -2.33. The highest BCUT2D eigenvalue weighted by Crippen LogP contribution is 2.13. The number of nitriles is 1. The largest absolute Gasteiger partial charge is 0.359 e. The van der Waals surface area contributed by atoms with Gasteiger partial charge in [0.1, 0.15) is 5.84 Å². The minimum Gasteiger partial charge on any atom is -0.359 e. The Kier molecular flexibility index (Phi) is 5.96. The summed E-state index contributed by atoms with van der Waals surface area (Å²) in [6.07, 6.45) is 3.98. The van der Waals surface area contributed by atoms with Crippen LogP contribution in [0, 0.1) is 11.5 Å². The number of carbonyl (C=O) groups excluding carboxylic acids is 1. The quantitative estimate of drug-likeness (QED) is 0.510. The fourth-order valence-electron chi connectivity index (χ4n) is 2.56. The van der Waals surface area contributed by atoms with Crippen molar-refractivity contribution in [3.8, 4) is 6.19 Å². The van der Waals surface area contributed by atoms with Crippen molar-refractivity contribution in [3.63, 3.8) is 0 Å². The third-order valence-corrected chi connectivity index (χ3v) is 4.34. The van der Waals surface area contributed by atoms with Gasteiger partial charge in [0, 0.05) is 23.6 Å². The normalized spacial score (nSPS) is 16.2. The molecule has 0 saturated carbocycles. The predicted octanol–water partition coefficient (Wildman–Crippen LogP) is 2.47. The maximum absolute atomic E-state index is 12.1. The minimum absolute atomic E-state index is 0.0585. The lowest BCUT2D eigenvalue weighted by atomic mass is 10.0. The fraction of sp³-hybridized carbons (Fsp3) is 0.438. The number of aliphatic imine (C=N–C) groups is 1. The maximum atomic E-state index is 12.1. The Morgan fingerprint density at radius 1 is 1.41 bits per heavy atom. The van der Waals surface area contributed by atoms with E-state index < -0.39 is 0 Å². The van der Waals surface area contributed by atoms with Crippen LogP contribution in [0.5, 0.6) is 0 Å². The van der Waals surface area contributed by atoms with E-state index in [0.717, 1.165) is 41.8 Å². The van der Waals surface area contributed by atoms with Gasteiger partial charge in [-0.1, -0.05) is 28.1 Å². The van der Waals surface area contributed by atoms with Gasteiger partial charge in [-0.15, -0.1) is 0 Å². The highest BCUT2D eigenvalue weighted by atomic mass is 79.9. The van der Waals surface area contributed by atoms with Gasteiger partial charge >= 0.3 is 0 Å². The van der Waals surface area contributed by atoms with Crippen LogP contribution >= 0.6 is 15.9 Å². The number of nitrogens with one attached hydrogen (secondary N) is 1. The molecule has 0 aliphatic carbocycles. The molecule has 0 aromatic heterocycles. The summed E-state index contributed by atoms with van der Waals surface area (Å²) < 4.78 is 1.01. The molecule has 2 rings (SSSR count). The Hall–Kier alpha value is -1.87. The van der Waals surface area contributed by atoms with Crippen molar-refractivity contribution < 1.29 is 4.79 Å². The second-order valence-corrected chi connectivity index (χ2v) is 6.31. The monoisotopic (exact) mass is 362 g/mol. The van der Waals surface area contributed by atoms with Crippen LogP contribution in [-0.2, 0) is 11.2 Å². The van der Waals surface area contributed by atoms with E-state index in [1.807, 2.05) is 37.4 Å². The van der Waals surface area contributed by atoms with Gasteiger partial charge in [0.2, 0.25) is 12.1 Å². The zero-order chi connectivity index (χ0) is 15.9. The first-order valence-electron chi connectivity index (χ1n) is 7.30. The van der Waals surface area contributed by atoms with Gasteiger partial charge in [0.25, 0.3) is 0 Å². The summed E-state index contributed by atoms with van der Waals surface area (Å²) in [5, 5.41) is 11.7. The molecule has 116 valence electrons. The molecule has 1 aliphatic heterocycles. The molecule has 1 saturated heterocycles. The summed E-state index contributed by atoms with van der Waals surface area (Å²) in [5.74, 6) is 0.810. The number of rotatable bonds is 3. The number of benzene rings is 1. The number of nitrogens with zero attached hydrogens (tertiary/aromatic N) is 3. The Morgan fingerprint density at radius 2 is 2.05 bits per heavy atom. The number of amides is 1. The summed E-state index contributed by atoms with van der Waals surface area (Å²) in [5.41, 5.74) is 1.01. The topological polar surface area (TPSA) is 68.5 Å². The molecule has 1 amide bonds. The van der Waals surface area contributed by atoms with E-state index >= 15 is 0 Å². The van der Waals surface area contributed by atoms with E-state index in [0.29, 0.717) is 6.42 Å². The molecule has 1 aromatic carbocycles. The Morgan fingerprint density at radius 3 is 2.64 bits per heavy atom. The molecule has 6 heteroatoms. The number of halogens is 1. The standard InChI is InChI=1S/C16H19BrN4O/c1-12(19-11-18)21-8-6-15(7-9-21)20-16(22)10-13-2-4-14(17)5-3-13/h2-5,15H,6-10H2,1H3,(H,20,22). The van der Waals surface area contributed by atoms with Crippen molar-refractivity contribution >= 4 is 27.7 Å². The van der Waals surface area contributed by atoms with Crippen LogP contribution in [0.3, 0.4) is 0 Å². The predicted molar refractivity (Wildman–Crippen MR) is 89.3 cm³/mol. The molecule has 0 spiro atoms. The zero-order valence-electron chi connectivity index (χ0n) is 12.6. The van der Waals surface area contributed by atoms with Gasteiger partial charge in [0.05, 0.1) is 6.42 Å². The van der Waals surface area contributed by atoms with Crippen LogP contribution in [-0.4, -0.2) is 35.8 Å². The van der Waals surface area contributed by atoms with Gasteiger partial charge in [-0.2, -0.15) is 10.3 Å². The van der Waals surface area contributed by atoms with Crippen LogP contribution < -0.4 is 5.32 Å². The van der Waals surface area contributed by atoms with Crippen molar-refractivity contribution in [2.24, 2.45) is 4.99 Å². The molecule has 0 radical (unpaired) electrons. The first-order chi connectivity index (χ1) is 10.6. The summed E-state index contributed by atoms with van der Waals surface area (Å²) >= 11 is 3.38. The summed E-state index contributed by atoms with van der Waals surface area (Å²) in [7, 11) is 0. The van der Waals surface area contributed by atoms with Crippen molar-refractivity contribution in [2.75, 3.05) is 13.1 Å². The molecule has 1 heterocycles. The Balaban J connectivity index is 1.78. The average molecular weight is 363 g/mol. The fourth-order valence-corrected chi connectivity index (χ4v) is 2.82. The second-order valence-electron chi connectivity index (χ2n) is 5.39. The van der Waals surface area contributed by atoms with Gasteiger partial charge in [-0.25, -0.2) is 0 Å². The summed E-state index contributed by atoms with van der Waals surface area (Å²) in [4.78, 5) is 17.9. The molecule has 5 nitrogen and oxygen atoms in total. The second kappa shape index (κ2) is 7.95. The molecule has 0 bridgehead atoms. The molecule has 1 aromatic rings. The highest BCUT2D eigenvalue weighted by Gasteiger charge is 2.21. The van der Waals surface area contributed by atoms with Gasteiger partial charge < -0.3 is 10.2 Å². The first-order valence-corrected chi connectivity index (χ1v) is 8.10. The lowest BCUT2D eigenvalue weighted by molar-refractivity contribution is -0.121. The molecule has 1 fully saturated rings. The average Bonchev–Trinajstić information content (AvgIpc) is 2.50. The van der Waals surface area contributed by atoms with Crippen LogP contribution in [0.15, 0.2) is 33.7 Å². The van der Waals surface area contributed by atoms with Gasteiger partial charge in [-0.05, 0) is 37.5 Å². The molecule has 1 aliphatic rings. The van der Waals surface area contributed by atoms with E-state index in [2.05, 4.69) is 31.1 Å². The SMILES string of the molecule is CC(=NC#N)N1CCC(NC(=O)Cc2ccc(Br)cc2)CC1. The van der Waals surface area contributed by atoms with E-state index in [-0.39, 0.29) is 11.9 Å². The summed E-state index contributed by atoms with van der Waals surface area (Å²) in [6, 6.07) is 7.99. The molecular weight excluding hydrogens is 344 g/mol. The van der Waals surface area contributed by atoms with Crippen molar-refractivity contribution in [1.82, 2.24) is 10.2 Å². The first kappa shape index (κ1) is 16.5. The third kappa shape index (κ3) is 4.85. The highest BCUT2D eigenvalue weighted by molar-refractivity contribution is 9.10. The number of hydrogen-bond acceptors (Lipinski definition) is 3. The number of amidine groups is 1. The summed E-state index contributed by atoms with van der Waals surface area (Å²) in [6.45, 7) is 3.48. The molecule has 22 heavy (non-hydrogen) atoms. The number of likely N-dealkylation sites (tertiary alicyclic amines) is 1. The van der Waals surface area contributed by atoms with Crippen LogP contribution in [0.1, 0.15) is 25.3 Å². The molecule has 0 atom stereocenters. The van der Waals surface area contributed by atoms with Gasteiger partial charge in [0.15, 0.2) is 0 Å². The molecule has 0 unspecified atom stereocenters. The minimum atomic E-state index is 0.0585. The van der Waals surface area contributed by atoms with Crippen LogP contribution in [0.25, 0.3) is 0 Å². The van der Waals surface area contributed by atoms with E-state index in [9.17, 15) is 4.79 Å². The molecule has 1 N–H and O–H groups in total.